The minimum absolute atomic E-state index is 0.0389. The van der Waals surface area contributed by atoms with E-state index in [1.165, 1.54) is 42.2 Å². The molecule has 138 valence electrons. The first-order valence-corrected chi connectivity index (χ1v) is 9.24. The van der Waals surface area contributed by atoms with Crippen LogP contribution in [0.25, 0.3) is 0 Å². The van der Waals surface area contributed by atoms with Gasteiger partial charge in [-0.2, -0.15) is 0 Å². The molecule has 0 heterocycles. The number of anilines is 1. The van der Waals surface area contributed by atoms with Gasteiger partial charge < -0.3 is 9.64 Å². The van der Waals surface area contributed by atoms with E-state index in [1.54, 1.807) is 32.3 Å². The molecule has 0 saturated heterocycles. The molecule has 7 nitrogen and oxygen atoms in total. The number of carbonyl (C=O) groups excluding carboxylic acids is 2. The minimum Gasteiger partial charge on any atom is -0.484 e. The van der Waals surface area contributed by atoms with Crippen LogP contribution in [-0.2, 0) is 14.8 Å². The maximum atomic E-state index is 12.5. The van der Waals surface area contributed by atoms with Crippen molar-refractivity contribution in [2.45, 2.75) is 11.8 Å². The van der Waals surface area contributed by atoms with Crippen LogP contribution in [0.2, 0.25) is 0 Å². The number of sulfonamides is 1. The van der Waals surface area contributed by atoms with Gasteiger partial charge in [0.15, 0.2) is 12.4 Å². The summed E-state index contributed by atoms with van der Waals surface area (Å²) in [7, 11) is -0.571. The predicted octanol–water partition coefficient (Wildman–Crippen LogP) is 2.16. The second-order valence-corrected chi connectivity index (χ2v) is 7.47. The normalized spacial score (nSPS) is 10.9. The molecule has 0 unspecified atom stereocenters. The Morgan fingerprint density at radius 2 is 1.73 bits per heavy atom. The molecule has 1 N–H and O–H groups in total. The maximum absolute atomic E-state index is 12.5. The average Bonchev–Trinajstić information content (AvgIpc) is 2.59. The number of ether oxygens (including phenoxy) is 1. The predicted molar refractivity (Wildman–Crippen MR) is 97.9 cm³/mol. The summed E-state index contributed by atoms with van der Waals surface area (Å²) >= 11 is 0. The summed E-state index contributed by atoms with van der Waals surface area (Å²) in [6, 6.07) is 12.0. The first kappa shape index (κ1) is 19.5. The molecular formula is C18H20N2O5S. The smallest absolute Gasteiger partial charge is 0.261 e. The molecule has 1 amide bonds. The third kappa shape index (κ3) is 5.06. The lowest BCUT2D eigenvalue weighted by molar-refractivity contribution is -0.130. The van der Waals surface area contributed by atoms with Gasteiger partial charge in [-0.25, -0.2) is 8.42 Å². The molecule has 0 saturated carbocycles. The fraction of sp³-hybridized carbons (Fsp3) is 0.222. The Morgan fingerprint density at radius 3 is 2.31 bits per heavy atom. The lowest BCUT2D eigenvalue weighted by Gasteiger charge is -2.12. The molecule has 0 bridgehead atoms. The molecule has 0 aliphatic carbocycles. The van der Waals surface area contributed by atoms with Crippen LogP contribution in [0, 0.1) is 0 Å². The zero-order chi connectivity index (χ0) is 19.3. The molecule has 0 atom stereocenters. The molecule has 2 aromatic rings. The number of nitrogens with zero attached hydrogens (tertiary/aromatic N) is 1. The van der Waals surface area contributed by atoms with Crippen LogP contribution in [-0.4, -0.2) is 45.7 Å². The van der Waals surface area contributed by atoms with Crippen molar-refractivity contribution in [3.63, 3.8) is 0 Å². The molecule has 0 radical (unpaired) electrons. The number of ketones is 1. The van der Waals surface area contributed by atoms with Crippen LogP contribution in [0.15, 0.2) is 53.4 Å². The topological polar surface area (TPSA) is 92.8 Å². The third-order valence-electron chi connectivity index (χ3n) is 3.52. The fourth-order valence-electron chi connectivity index (χ4n) is 2.00. The zero-order valence-electron chi connectivity index (χ0n) is 14.7. The molecule has 26 heavy (non-hydrogen) atoms. The van der Waals surface area contributed by atoms with Crippen LogP contribution in [0.5, 0.6) is 5.75 Å². The number of hydrogen-bond donors (Lipinski definition) is 1. The summed E-state index contributed by atoms with van der Waals surface area (Å²) in [6.45, 7) is 1.28. The summed E-state index contributed by atoms with van der Waals surface area (Å²) < 4.78 is 32.6. The van der Waals surface area contributed by atoms with Gasteiger partial charge in [0.1, 0.15) is 5.75 Å². The van der Waals surface area contributed by atoms with Gasteiger partial charge in [-0.15, -0.1) is 0 Å². The average molecular weight is 376 g/mol. The Balaban J connectivity index is 2.10. The molecule has 2 aromatic carbocycles. The van der Waals surface area contributed by atoms with Crippen molar-refractivity contribution in [2.75, 3.05) is 25.4 Å². The van der Waals surface area contributed by atoms with Crippen molar-refractivity contribution in [3.05, 3.63) is 54.1 Å². The van der Waals surface area contributed by atoms with Crippen molar-refractivity contribution in [1.82, 2.24) is 4.90 Å². The fourth-order valence-corrected chi connectivity index (χ4v) is 3.05. The van der Waals surface area contributed by atoms with Crippen molar-refractivity contribution >= 4 is 27.4 Å². The van der Waals surface area contributed by atoms with Crippen molar-refractivity contribution in [1.29, 1.82) is 0 Å². The van der Waals surface area contributed by atoms with Crippen LogP contribution < -0.4 is 9.46 Å². The number of likely N-dealkylation sites (N-methyl/N-ethyl adjacent to an activating group) is 1. The summed E-state index contributed by atoms with van der Waals surface area (Å²) in [6.07, 6.45) is 0. The summed E-state index contributed by atoms with van der Waals surface area (Å²) in [5, 5.41) is 0. The number of nitrogens with one attached hydrogen (secondary N) is 1. The summed E-state index contributed by atoms with van der Waals surface area (Å²) in [5.74, 6) is 0.0336. The molecule has 0 fully saturated rings. The quantitative estimate of drug-likeness (QED) is 0.748. The second kappa shape index (κ2) is 8.01. The number of Topliss-reactive ketones (excluding diaryl/α,β-unsaturated/α-hetero) is 1. The largest absolute Gasteiger partial charge is 0.484 e. The van der Waals surface area contributed by atoms with Crippen LogP contribution in [0.1, 0.15) is 17.3 Å². The monoisotopic (exact) mass is 376 g/mol. The SMILES string of the molecule is CC(=O)c1cccc(NS(=O)(=O)c2ccc(OCC(=O)N(C)C)cc2)c1. The third-order valence-corrected chi connectivity index (χ3v) is 4.91. The van der Waals surface area contributed by atoms with E-state index in [4.69, 9.17) is 4.74 Å². The number of carbonyl (C=O) groups is 2. The van der Waals surface area contributed by atoms with E-state index in [1.807, 2.05) is 0 Å². The molecule has 2 rings (SSSR count). The Labute approximate surface area is 152 Å². The van der Waals surface area contributed by atoms with E-state index < -0.39 is 10.0 Å². The lowest BCUT2D eigenvalue weighted by atomic mass is 10.1. The molecule has 0 aromatic heterocycles. The molecule has 0 aliphatic heterocycles. The van der Waals surface area contributed by atoms with Crippen molar-refractivity contribution in [3.8, 4) is 5.75 Å². The highest BCUT2D eigenvalue weighted by molar-refractivity contribution is 7.92. The van der Waals surface area contributed by atoms with E-state index in [2.05, 4.69) is 4.72 Å². The molecule has 0 spiro atoms. The number of rotatable bonds is 7. The summed E-state index contributed by atoms with van der Waals surface area (Å²) in [5.41, 5.74) is 0.717. The van der Waals surface area contributed by atoms with Gasteiger partial charge in [0, 0.05) is 25.3 Å². The van der Waals surface area contributed by atoms with Crippen LogP contribution >= 0.6 is 0 Å². The van der Waals surface area contributed by atoms with Gasteiger partial charge >= 0.3 is 0 Å². The van der Waals surface area contributed by atoms with Crippen molar-refractivity contribution in [2.24, 2.45) is 0 Å². The molecule has 0 aliphatic rings. The zero-order valence-corrected chi connectivity index (χ0v) is 15.5. The van der Waals surface area contributed by atoms with E-state index >= 15 is 0 Å². The first-order chi connectivity index (χ1) is 12.2. The second-order valence-electron chi connectivity index (χ2n) is 5.79. The van der Waals surface area contributed by atoms with Gasteiger partial charge in [0.2, 0.25) is 0 Å². The number of hydrogen-bond acceptors (Lipinski definition) is 5. The van der Waals surface area contributed by atoms with E-state index in [-0.39, 0.29) is 23.2 Å². The van der Waals surface area contributed by atoms with Crippen molar-refractivity contribution < 1.29 is 22.7 Å². The Hall–Kier alpha value is -2.87. The highest BCUT2D eigenvalue weighted by Crippen LogP contribution is 2.20. The standard InChI is InChI=1S/C18H20N2O5S/c1-13(21)14-5-4-6-15(11-14)19-26(23,24)17-9-7-16(8-10-17)25-12-18(22)20(2)3/h4-11,19H,12H2,1-3H3. The minimum atomic E-state index is -3.81. The van der Waals surface area contributed by atoms with Gasteiger partial charge in [-0.3, -0.25) is 14.3 Å². The van der Waals surface area contributed by atoms with Crippen LogP contribution in [0.4, 0.5) is 5.69 Å². The first-order valence-electron chi connectivity index (χ1n) is 7.76. The Bertz CT molecular complexity index is 905. The van der Waals surface area contributed by atoms with Gasteiger partial charge in [-0.05, 0) is 43.3 Å². The number of benzene rings is 2. The van der Waals surface area contributed by atoms with E-state index in [0.29, 0.717) is 17.0 Å². The van der Waals surface area contributed by atoms with E-state index in [9.17, 15) is 18.0 Å². The molecule has 8 heteroatoms. The van der Waals surface area contributed by atoms with Gasteiger partial charge in [0.25, 0.3) is 15.9 Å². The highest BCUT2D eigenvalue weighted by Gasteiger charge is 2.15. The van der Waals surface area contributed by atoms with Crippen LogP contribution in [0.3, 0.4) is 0 Å². The molecular weight excluding hydrogens is 356 g/mol. The summed E-state index contributed by atoms with van der Waals surface area (Å²) in [4.78, 5) is 24.3. The lowest BCUT2D eigenvalue weighted by Crippen LogP contribution is -2.27. The van der Waals surface area contributed by atoms with Gasteiger partial charge in [0.05, 0.1) is 4.90 Å². The van der Waals surface area contributed by atoms with E-state index in [0.717, 1.165) is 0 Å². The van der Waals surface area contributed by atoms with Gasteiger partial charge in [-0.1, -0.05) is 12.1 Å². The Morgan fingerprint density at radius 1 is 1.08 bits per heavy atom. The highest BCUT2D eigenvalue weighted by atomic mass is 32.2. The maximum Gasteiger partial charge on any atom is 0.261 e. The Kier molecular flexibility index (Phi) is 5.99. The number of amides is 1.